The summed E-state index contributed by atoms with van der Waals surface area (Å²) in [4.78, 5) is 3.77. The summed E-state index contributed by atoms with van der Waals surface area (Å²) in [7, 11) is 0. The summed E-state index contributed by atoms with van der Waals surface area (Å²) < 4.78 is 67.3. The molecule has 0 unspecified atom stereocenters. The van der Waals surface area contributed by atoms with Gasteiger partial charge in [-0.2, -0.15) is 13.2 Å². The molecule has 2 N–H and O–H groups in total. The van der Waals surface area contributed by atoms with Crippen LogP contribution in [0.2, 0.25) is 0 Å². The predicted octanol–water partition coefficient (Wildman–Crippen LogP) is 2.85. The smallest absolute Gasteiger partial charge is 0.390 e. The van der Waals surface area contributed by atoms with Gasteiger partial charge < -0.3 is 15.4 Å². The predicted molar refractivity (Wildman–Crippen MR) is 76.5 cm³/mol. The number of hydrogen-bond donors (Lipinski definition) is 2. The molecule has 9 heteroatoms. The van der Waals surface area contributed by atoms with E-state index in [1.165, 1.54) is 0 Å². The standard InChI is InChI=1S/C14H18F5N3O/c1-2-20-13(21-6-5-14(17,18)19)22-7-8-23-12-4-3-10(15)9-11(12)16/h3-4,9H,2,5-8H2,1H3,(H2,20,21,22). The lowest BCUT2D eigenvalue weighted by molar-refractivity contribution is -0.132. The first-order valence-corrected chi connectivity index (χ1v) is 6.98. The van der Waals surface area contributed by atoms with Gasteiger partial charge in [0.1, 0.15) is 12.4 Å². The zero-order valence-corrected chi connectivity index (χ0v) is 12.5. The van der Waals surface area contributed by atoms with Crippen LogP contribution in [-0.4, -0.2) is 38.4 Å². The number of nitrogens with one attached hydrogen (secondary N) is 2. The minimum Gasteiger partial charge on any atom is -0.489 e. The highest BCUT2D eigenvalue weighted by atomic mass is 19.4. The second-order valence-electron chi connectivity index (χ2n) is 4.48. The number of benzene rings is 1. The fourth-order valence-electron chi connectivity index (χ4n) is 1.56. The van der Waals surface area contributed by atoms with Crippen LogP contribution in [0.5, 0.6) is 5.75 Å². The average Bonchev–Trinajstić information content (AvgIpc) is 2.44. The van der Waals surface area contributed by atoms with Gasteiger partial charge in [-0.05, 0) is 19.1 Å². The molecule has 0 heterocycles. The fourth-order valence-corrected chi connectivity index (χ4v) is 1.56. The summed E-state index contributed by atoms with van der Waals surface area (Å²) >= 11 is 0. The van der Waals surface area contributed by atoms with Gasteiger partial charge in [0.15, 0.2) is 17.5 Å². The second kappa shape index (κ2) is 9.16. The maximum atomic E-state index is 13.3. The van der Waals surface area contributed by atoms with Crippen molar-refractivity contribution in [2.24, 2.45) is 4.99 Å². The van der Waals surface area contributed by atoms with E-state index >= 15 is 0 Å². The van der Waals surface area contributed by atoms with Crippen LogP contribution in [0.25, 0.3) is 0 Å². The molecule has 0 fully saturated rings. The third-order valence-corrected chi connectivity index (χ3v) is 2.56. The Hall–Kier alpha value is -2.06. The maximum absolute atomic E-state index is 13.3. The number of alkyl halides is 3. The molecule has 1 aromatic carbocycles. The van der Waals surface area contributed by atoms with Crippen molar-refractivity contribution in [3.63, 3.8) is 0 Å². The van der Waals surface area contributed by atoms with E-state index in [1.807, 2.05) is 0 Å². The highest BCUT2D eigenvalue weighted by Gasteiger charge is 2.26. The first-order chi connectivity index (χ1) is 10.8. The molecular formula is C14H18F5N3O. The molecule has 0 aromatic heterocycles. The van der Waals surface area contributed by atoms with Crippen molar-refractivity contribution < 1.29 is 26.7 Å². The van der Waals surface area contributed by atoms with E-state index < -0.39 is 30.8 Å². The molecule has 0 saturated heterocycles. The minimum atomic E-state index is -4.26. The fraction of sp³-hybridized carbons (Fsp3) is 0.500. The first-order valence-electron chi connectivity index (χ1n) is 6.98. The van der Waals surface area contributed by atoms with Crippen LogP contribution in [0, 0.1) is 11.6 Å². The Morgan fingerprint density at radius 1 is 1.22 bits per heavy atom. The van der Waals surface area contributed by atoms with Crippen LogP contribution in [0.15, 0.2) is 23.2 Å². The molecule has 1 rings (SSSR count). The Morgan fingerprint density at radius 2 is 1.96 bits per heavy atom. The third-order valence-electron chi connectivity index (χ3n) is 2.56. The number of guanidine groups is 1. The lowest BCUT2D eigenvalue weighted by atomic mass is 10.3. The highest BCUT2D eigenvalue weighted by molar-refractivity contribution is 5.79. The van der Waals surface area contributed by atoms with Gasteiger partial charge in [-0.15, -0.1) is 0 Å². The van der Waals surface area contributed by atoms with Gasteiger partial charge in [-0.1, -0.05) is 0 Å². The van der Waals surface area contributed by atoms with Crippen molar-refractivity contribution in [2.75, 3.05) is 26.2 Å². The lowest BCUT2D eigenvalue weighted by Gasteiger charge is -2.12. The van der Waals surface area contributed by atoms with E-state index in [9.17, 15) is 22.0 Å². The Labute approximate surface area is 130 Å². The molecule has 0 bridgehead atoms. The van der Waals surface area contributed by atoms with Gasteiger partial charge in [0.25, 0.3) is 0 Å². The molecule has 0 amide bonds. The summed E-state index contributed by atoms with van der Waals surface area (Å²) in [5, 5.41) is 5.54. The number of aliphatic imine (C=N–C) groups is 1. The zero-order valence-electron chi connectivity index (χ0n) is 12.5. The van der Waals surface area contributed by atoms with E-state index in [0.717, 1.165) is 12.1 Å². The summed E-state index contributed by atoms with van der Waals surface area (Å²) in [6.07, 6.45) is -5.27. The normalized spacial score (nSPS) is 12.2. The molecular weight excluding hydrogens is 321 g/mol. The number of ether oxygens (including phenoxy) is 1. The van der Waals surface area contributed by atoms with E-state index in [-0.39, 0.29) is 24.9 Å². The number of halogens is 5. The summed E-state index contributed by atoms with van der Waals surface area (Å²) in [6.45, 7) is 2.07. The monoisotopic (exact) mass is 339 g/mol. The molecule has 0 atom stereocenters. The lowest BCUT2D eigenvalue weighted by Crippen LogP contribution is -2.39. The zero-order chi connectivity index (χ0) is 17.3. The number of rotatable bonds is 7. The van der Waals surface area contributed by atoms with Crippen LogP contribution >= 0.6 is 0 Å². The molecule has 0 spiro atoms. The molecule has 0 saturated carbocycles. The minimum absolute atomic E-state index is 0.0340. The quantitative estimate of drug-likeness (QED) is 0.348. The van der Waals surface area contributed by atoms with Crippen molar-refractivity contribution in [1.29, 1.82) is 0 Å². The Balaban J connectivity index is 2.39. The molecule has 0 aliphatic rings. The largest absolute Gasteiger partial charge is 0.489 e. The van der Waals surface area contributed by atoms with Gasteiger partial charge in [-0.3, -0.25) is 4.99 Å². The van der Waals surface area contributed by atoms with Crippen molar-refractivity contribution >= 4 is 5.96 Å². The average molecular weight is 339 g/mol. The van der Waals surface area contributed by atoms with Crippen LogP contribution in [0.1, 0.15) is 13.3 Å². The Morgan fingerprint density at radius 3 is 2.57 bits per heavy atom. The van der Waals surface area contributed by atoms with Gasteiger partial charge in [-0.25, -0.2) is 8.78 Å². The first kappa shape index (κ1) is 19.0. The maximum Gasteiger partial charge on any atom is 0.390 e. The SMILES string of the molecule is CCNC(=NCCC(F)(F)F)NCCOc1ccc(F)cc1F. The molecule has 1 aromatic rings. The van der Waals surface area contributed by atoms with Gasteiger partial charge in [0.05, 0.1) is 19.5 Å². The van der Waals surface area contributed by atoms with E-state index in [2.05, 4.69) is 15.6 Å². The highest BCUT2D eigenvalue weighted by Crippen LogP contribution is 2.19. The van der Waals surface area contributed by atoms with Gasteiger partial charge >= 0.3 is 6.18 Å². The molecule has 4 nitrogen and oxygen atoms in total. The molecule has 0 aliphatic carbocycles. The summed E-state index contributed by atoms with van der Waals surface area (Å²) in [5.74, 6) is -1.43. The van der Waals surface area contributed by atoms with Crippen molar-refractivity contribution in [1.82, 2.24) is 10.6 Å². The Kier molecular flexibility index (Phi) is 7.56. The van der Waals surface area contributed by atoms with E-state index in [4.69, 9.17) is 4.74 Å². The second-order valence-corrected chi connectivity index (χ2v) is 4.48. The van der Waals surface area contributed by atoms with Crippen molar-refractivity contribution in [3.8, 4) is 5.75 Å². The van der Waals surface area contributed by atoms with Crippen LogP contribution in [0.3, 0.4) is 0 Å². The molecule has 0 aliphatic heterocycles. The van der Waals surface area contributed by atoms with Gasteiger partial charge in [0.2, 0.25) is 0 Å². The van der Waals surface area contributed by atoms with E-state index in [0.29, 0.717) is 12.6 Å². The topological polar surface area (TPSA) is 45.7 Å². The molecule has 0 radical (unpaired) electrons. The molecule has 130 valence electrons. The van der Waals surface area contributed by atoms with E-state index in [1.54, 1.807) is 6.92 Å². The van der Waals surface area contributed by atoms with Crippen LogP contribution in [-0.2, 0) is 0 Å². The van der Waals surface area contributed by atoms with Crippen molar-refractivity contribution in [3.05, 3.63) is 29.8 Å². The summed E-state index contributed by atoms with van der Waals surface area (Å²) in [6, 6.07) is 2.92. The van der Waals surface area contributed by atoms with Crippen LogP contribution in [0.4, 0.5) is 22.0 Å². The third kappa shape index (κ3) is 8.22. The van der Waals surface area contributed by atoms with Gasteiger partial charge in [0, 0.05) is 12.6 Å². The Bertz CT molecular complexity index is 520. The van der Waals surface area contributed by atoms with Crippen LogP contribution < -0.4 is 15.4 Å². The molecule has 23 heavy (non-hydrogen) atoms. The number of hydrogen-bond acceptors (Lipinski definition) is 2. The number of nitrogens with zero attached hydrogens (tertiary/aromatic N) is 1. The summed E-state index contributed by atoms with van der Waals surface area (Å²) in [5.41, 5.74) is 0. The van der Waals surface area contributed by atoms with Crippen molar-refractivity contribution in [2.45, 2.75) is 19.5 Å².